The number of hydrogen-bond donors (Lipinski definition) is 2. The predicted molar refractivity (Wildman–Crippen MR) is 100 cm³/mol. The molecule has 4 aliphatic rings. The van der Waals surface area contributed by atoms with Gasteiger partial charge < -0.3 is 10.6 Å². The highest BCUT2D eigenvalue weighted by Gasteiger charge is 2.46. The maximum Gasteiger partial charge on any atom is 0.0224 e. The molecule has 0 aliphatic carbocycles. The smallest absolute Gasteiger partial charge is 0.0224 e. The summed E-state index contributed by atoms with van der Waals surface area (Å²) in [5.41, 5.74) is 0.607. The number of piperidine rings is 2. The Hall–Kier alpha value is -0.160. The van der Waals surface area contributed by atoms with Crippen molar-refractivity contribution in [1.82, 2.24) is 20.4 Å². The summed E-state index contributed by atoms with van der Waals surface area (Å²) in [7, 11) is 0. The molecule has 4 unspecified atom stereocenters. The van der Waals surface area contributed by atoms with Gasteiger partial charge in [0.2, 0.25) is 0 Å². The molecule has 4 aliphatic heterocycles. The van der Waals surface area contributed by atoms with Gasteiger partial charge in [0.15, 0.2) is 0 Å². The van der Waals surface area contributed by atoms with Gasteiger partial charge in [0.1, 0.15) is 0 Å². The number of nitrogens with zero attached hydrogens (tertiary/aromatic N) is 2. The molecule has 4 rings (SSSR count). The molecule has 0 saturated carbocycles. The van der Waals surface area contributed by atoms with Gasteiger partial charge in [0.25, 0.3) is 0 Å². The van der Waals surface area contributed by atoms with Gasteiger partial charge in [-0.05, 0) is 71.9 Å². The first-order valence-electron chi connectivity index (χ1n) is 10.5. The second-order valence-corrected chi connectivity index (χ2v) is 9.59. The standard InChI is InChI=1S/C20H38N4/c1-15(2)24-13-20(14-24)7-4-18(22-12-20)10-16(3)23-9-6-17-5-8-21-19(17)11-23/h15-19,21-22H,4-14H2,1-3H3. The van der Waals surface area contributed by atoms with Gasteiger partial charge in [-0.15, -0.1) is 0 Å². The fourth-order valence-electron chi connectivity index (χ4n) is 5.70. The van der Waals surface area contributed by atoms with E-state index in [9.17, 15) is 0 Å². The van der Waals surface area contributed by atoms with E-state index in [1.54, 1.807) is 0 Å². The van der Waals surface area contributed by atoms with Gasteiger partial charge in [-0.3, -0.25) is 9.80 Å². The molecule has 0 aromatic rings. The highest BCUT2D eigenvalue weighted by molar-refractivity contribution is 5.01. The van der Waals surface area contributed by atoms with Crippen LogP contribution in [0.2, 0.25) is 0 Å². The quantitative estimate of drug-likeness (QED) is 0.822. The largest absolute Gasteiger partial charge is 0.313 e. The Kier molecular flexibility index (Phi) is 4.94. The first kappa shape index (κ1) is 17.3. The van der Waals surface area contributed by atoms with Gasteiger partial charge in [-0.1, -0.05) is 0 Å². The highest BCUT2D eigenvalue weighted by atomic mass is 15.2. The third-order valence-corrected chi connectivity index (χ3v) is 7.55. The van der Waals surface area contributed by atoms with Gasteiger partial charge in [-0.25, -0.2) is 0 Å². The molecule has 0 radical (unpaired) electrons. The van der Waals surface area contributed by atoms with Crippen LogP contribution in [0.5, 0.6) is 0 Å². The molecule has 138 valence electrons. The lowest BCUT2D eigenvalue weighted by atomic mass is 9.71. The number of likely N-dealkylation sites (tertiary alicyclic amines) is 2. The molecule has 0 aromatic carbocycles. The minimum Gasteiger partial charge on any atom is -0.313 e. The molecular formula is C20H38N4. The van der Waals surface area contributed by atoms with Crippen molar-refractivity contribution in [2.75, 3.05) is 39.3 Å². The van der Waals surface area contributed by atoms with Crippen LogP contribution in [0.1, 0.15) is 52.9 Å². The minimum atomic E-state index is 0.607. The molecule has 4 heteroatoms. The maximum absolute atomic E-state index is 3.92. The lowest BCUT2D eigenvalue weighted by Gasteiger charge is -2.55. The Bertz CT molecular complexity index is 421. The molecule has 0 bridgehead atoms. The Morgan fingerprint density at radius 3 is 2.58 bits per heavy atom. The number of nitrogens with one attached hydrogen (secondary N) is 2. The first-order chi connectivity index (χ1) is 11.5. The SMILES string of the molecule is CC(C)N1CC2(CCC(CC(C)N3CCC4CCNC4C3)NC2)C1. The second-order valence-electron chi connectivity index (χ2n) is 9.59. The molecule has 0 aromatic heterocycles. The molecule has 4 nitrogen and oxygen atoms in total. The number of fused-ring (bicyclic) bond motifs is 1. The second kappa shape index (κ2) is 6.86. The van der Waals surface area contributed by atoms with E-state index in [0.717, 1.165) is 30.1 Å². The molecule has 4 fully saturated rings. The summed E-state index contributed by atoms with van der Waals surface area (Å²) in [5.74, 6) is 0.962. The third-order valence-electron chi connectivity index (χ3n) is 7.55. The maximum atomic E-state index is 3.92. The zero-order valence-electron chi connectivity index (χ0n) is 16.1. The Balaban J connectivity index is 1.21. The summed E-state index contributed by atoms with van der Waals surface area (Å²) in [5, 5.41) is 7.64. The van der Waals surface area contributed by atoms with Crippen molar-refractivity contribution in [3.05, 3.63) is 0 Å². The van der Waals surface area contributed by atoms with Crippen molar-refractivity contribution in [2.24, 2.45) is 11.3 Å². The van der Waals surface area contributed by atoms with Crippen LogP contribution in [0.15, 0.2) is 0 Å². The highest BCUT2D eigenvalue weighted by Crippen LogP contribution is 2.39. The van der Waals surface area contributed by atoms with Gasteiger partial charge in [0, 0.05) is 55.8 Å². The van der Waals surface area contributed by atoms with E-state index in [0.29, 0.717) is 5.41 Å². The molecule has 4 atom stereocenters. The van der Waals surface area contributed by atoms with Crippen LogP contribution in [0.25, 0.3) is 0 Å². The van der Waals surface area contributed by atoms with E-state index in [1.807, 2.05) is 0 Å². The van der Waals surface area contributed by atoms with Crippen LogP contribution in [-0.2, 0) is 0 Å². The summed E-state index contributed by atoms with van der Waals surface area (Å²) < 4.78 is 0. The van der Waals surface area contributed by atoms with Crippen LogP contribution in [0, 0.1) is 11.3 Å². The average molecular weight is 335 g/mol. The molecule has 4 heterocycles. The van der Waals surface area contributed by atoms with Crippen molar-refractivity contribution < 1.29 is 0 Å². The van der Waals surface area contributed by atoms with Gasteiger partial charge in [-0.2, -0.15) is 0 Å². The van der Waals surface area contributed by atoms with Crippen LogP contribution >= 0.6 is 0 Å². The van der Waals surface area contributed by atoms with Crippen LogP contribution in [0.4, 0.5) is 0 Å². The van der Waals surface area contributed by atoms with E-state index in [4.69, 9.17) is 0 Å². The van der Waals surface area contributed by atoms with Crippen LogP contribution < -0.4 is 10.6 Å². The van der Waals surface area contributed by atoms with Crippen molar-refractivity contribution in [3.8, 4) is 0 Å². The summed E-state index contributed by atoms with van der Waals surface area (Å²) in [6, 6.07) is 2.97. The van der Waals surface area contributed by atoms with Gasteiger partial charge >= 0.3 is 0 Å². The summed E-state index contributed by atoms with van der Waals surface area (Å²) in [6.45, 7) is 14.9. The zero-order valence-corrected chi connectivity index (χ0v) is 16.1. The van der Waals surface area contributed by atoms with Crippen LogP contribution in [-0.4, -0.2) is 73.2 Å². The van der Waals surface area contributed by atoms with Gasteiger partial charge in [0.05, 0.1) is 0 Å². The van der Waals surface area contributed by atoms with E-state index >= 15 is 0 Å². The zero-order chi connectivity index (χ0) is 16.7. The summed E-state index contributed by atoms with van der Waals surface area (Å²) in [6.07, 6.45) is 6.98. The molecule has 24 heavy (non-hydrogen) atoms. The number of hydrogen-bond acceptors (Lipinski definition) is 4. The monoisotopic (exact) mass is 334 g/mol. The molecule has 4 saturated heterocycles. The fourth-order valence-corrected chi connectivity index (χ4v) is 5.70. The normalized spacial score (nSPS) is 38.2. The Morgan fingerprint density at radius 2 is 1.88 bits per heavy atom. The van der Waals surface area contributed by atoms with Crippen molar-refractivity contribution in [3.63, 3.8) is 0 Å². The lowest BCUT2D eigenvalue weighted by molar-refractivity contribution is -0.0453. The topological polar surface area (TPSA) is 30.5 Å². The summed E-state index contributed by atoms with van der Waals surface area (Å²) >= 11 is 0. The van der Waals surface area contributed by atoms with Crippen molar-refractivity contribution >= 4 is 0 Å². The van der Waals surface area contributed by atoms with E-state index in [1.165, 1.54) is 71.4 Å². The van der Waals surface area contributed by atoms with E-state index in [-0.39, 0.29) is 0 Å². The fraction of sp³-hybridized carbons (Fsp3) is 1.00. The summed E-state index contributed by atoms with van der Waals surface area (Å²) in [4.78, 5) is 5.39. The number of rotatable bonds is 4. The molecule has 0 amide bonds. The predicted octanol–water partition coefficient (Wildman–Crippen LogP) is 1.91. The third kappa shape index (κ3) is 3.40. The average Bonchev–Trinajstić information content (AvgIpc) is 3.00. The van der Waals surface area contributed by atoms with Crippen molar-refractivity contribution in [1.29, 1.82) is 0 Å². The molecule has 1 spiro atoms. The van der Waals surface area contributed by atoms with Crippen molar-refractivity contribution in [2.45, 2.75) is 77.0 Å². The van der Waals surface area contributed by atoms with E-state index in [2.05, 4.69) is 41.2 Å². The Labute approximate surface area is 148 Å². The van der Waals surface area contributed by atoms with E-state index < -0.39 is 0 Å². The lowest BCUT2D eigenvalue weighted by Crippen LogP contribution is -2.65. The first-order valence-corrected chi connectivity index (χ1v) is 10.5. The molecular weight excluding hydrogens is 296 g/mol. The Morgan fingerprint density at radius 1 is 1.04 bits per heavy atom. The molecule has 2 N–H and O–H groups in total. The van der Waals surface area contributed by atoms with Crippen LogP contribution in [0.3, 0.4) is 0 Å². The minimum absolute atomic E-state index is 0.607.